The van der Waals surface area contributed by atoms with E-state index < -0.39 is 0 Å². The van der Waals surface area contributed by atoms with E-state index in [1.165, 1.54) is 6.07 Å². The fourth-order valence-electron chi connectivity index (χ4n) is 3.49. The minimum atomic E-state index is -0.246. The Morgan fingerprint density at radius 1 is 1.24 bits per heavy atom. The van der Waals surface area contributed by atoms with E-state index in [0.717, 1.165) is 31.2 Å². The maximum atomic E-state index is 11.3. The standard InChI is InChI=1S/C19H19Cl2NO3/c20-16-7-8-17(15(10-23)18(16)24)25-11-12-4-1-2-5-13(12)14-6-3-9-22-19(14)21/h3,6-10,12-13,24H,1-2,4-5,11H2. The summed E-state index contributed by atoms with van der Waals surface area (Å²) < 4.78 is 5.88. The second kappa shape index (κ2) is 8.07. The van der Waals surface area contributed by atoms with Crippen molar-refractivity contribution in [2.45, 2.75) is 31.6 Å². The molecule has 1 N–H and O–H groups in total. The van der Waals surface area contributed by atoms with Crippen LogP contribution in [0.5, 0.6) is 11.5 Å². The molecule has 3 rings (SSSR count). The second-order valence-corrected chi connectivity index (χ2v) is 7.04. The number of rotatable bonds is 5. The normalized spacial score (nSPS) is 20.2. The van der Waals surface area contributed by atoms with Crippen LogP contribution in [-0.4, -0.2) is 23.0 Å². The molecular formula is C19H19Cl2NO3. The SMILES string of the molecule is O=Cc1c(OCC2CCCCC2c2cccnc2Cl)ccc(Cl)c1O. The van der Waals surface area contributed by atoms with E-state index in [1.54, 1.807) is 12.3 Å². The van der Waals surface area contributed by atoms with Crippen LogP contribution in [0, 0.1) is 5.92 Å². The molecule has 6 heteroatoms. The Kier molecular flexibility index (Phi) is 5.82. The van der Waals surface area contributed by atoms with E-state index in [2.05, 4.69) is 4.98 Å². The average Bonchev–Trinajstić information content (AvgIpc) is 2.63. The summed E-state index contributed by atoms with van der Waals surface area (Å²) in [4.78, 5) is 15.4. The third kappa shape index (κ3) is 3.91. The van der Waals surface area contributed by atoms with Crippen LogP contribution in [0.25, 0.3) is 0 Å². The first kappa shape index (κ1) is 18.0. The zero-order valence-corrected chi connectivity index (χ0v) is 15.1. The molecule has 0 radical (unpaired) electrons. The number of hydrogen-bond acceptors (Lipinski definition) is 4. The quantitative estimate of drug-likeness (QED) is 0.568. The minimum absolute atomic E-state index is 0.0827. The number of phenolic OH excluding ortho intramolecular Hbond substituents is 1. The Balaban J connectivity index is 1.78. The van der Waals surface area contributed by atoms with Gasteiger partial charge < -0.3 is 9.84 Å². The first-order valence-corrected chi connectivity index (χ1v) is 9.07. The minimum Gasteiger partial charge on any atom is -0.505 e. The number of aromatic nitrogens is 1. The van der Waals surface area contributed by atoms with E-state index in [-0.39, 0.29) is 28.2 Å². The van der Waals surface area contributed by atoms with Crippen molar-refractivity contribution in [3.05, 3.63) is 51.8 Å². The zero-order chi connectivity index (χ0) is 17.8. The molecule has 0 aliphatic heterocycles. The Labute approximate surface area is 156 Å². The van der Waals surface area contributed by atoms with E-state index >= 15 is 0 Å². The van der Waals surface area contributed by atoms with Gasteiger partial charge in [0.05, 0.1) is 17.2 Å². The molecule has 2 aromatic rings. The monoisotopic (exact) mass is 379 g/mol. The van der Waals surface area contributed by atoms with Crippen molar-refractivity contribution in [2.75, 3.05) is 6.61 Å². The predicted octanol–water partition coefficient (Wildman–Crippen LogP) is 5.26. The van der Waals surface area contributed by atoms with Crippen LogP contribution in [-0.2, 0) is 0 Å². The van der Waals surface area contributed by atoms with Crippen molar-refractivity contribution in [1.29, 1.82) is 0 Å². The number of hydrogen-bond donors (Lipinski definition) is 1. The van der Waals surface area contributed by atoms with Gasteiger partial charge in [-0.2, -0.15) is 0 Å². The lowest BCUT2D eigenvalue weighted by Gasteiger charge is -2.32. The van der Waals surface area contributed by atoms with Crippen LogP contribution in [0.4, 0.5) is 0 Å². The summed E-state index contributed by atoms with van der Waals surface area (Å²) in [5.74, 6) is 0.645. The average molecular weight is 380 g/mol. The molecule has 1 fully saturated rings. The van der Waals surface area contributed by atoms with Gasteiger partial charge in [0.25, 0.3) is 0 Å². The molecule has 2 unspecified atom stereocenters. The third-order valence-electron chi connectivity index (χ3n) is 4.80. The molecule has 1 heterocycles. The number of ether oxygens (including phenoxy) is 1. The number of carbonyl (C=O) groups is 1. The Morgan fingerprint density at radius 3 is 2.80 bits per heavy atom. The van der Waals surface area contributed by atoms with Crippen LogP contribution in [0.15, 0.2) is 30.5 Å². The summed E-state index contributed by atoms with van der Waals surface area (Å²) in [7, 11) is 0. The summed E-state index contributed by atoms with van der Waals surface area (Å²) in [5, 5.41) is 10.6. The molecule has 1 aliphatic carbocycles. The fraction of sp³-hybridized carbons (Fsp3) is 0.368. The molecule has 0 saturated heterocycles. The summed E-state index contributed by atoms with van der Waals surface area (Å²) in [6.45, 7) is 0.442. The number of halogens is 2. The third-order valence-corrected chi connectivity index (χ3v) is 5.42. The summed E-state index contributed by atoms with van der Waals surface area (Å²) in [5.41, 5.74) is 1.13. The van der Waals surface area contributed by atoms with Crippen LogP contribution < -0.4 is 4.74 Å². The molecule has 4 nitrogen and oxygen atoms in total. The highest BCUT2D eigenvalue weighted by molar-refractivity contribution is 6.32. The van der Waals surface area contributed by atoms with Gasteiger partial charge in [-0.25, -0.2) is 4.98 Å². The van der Waals surface area contributed by atoms with Crippen LogP contribution >= 0.6 is 23.2 Å². The molecule has 1 saturated carbocycles. The van der Waals surface area contributed by atoms with Gasteiger partial charge in [0.1, 0.15) is 16.7 Å². The zero-order valence-electron chi connectivity index (χ0n) is 13.6. The molecule has 1 aromatic carbocycles. The van der Waals surface area contributed by atoms with Gasteiger partial charge in [-0.3, -0.25) is 4.79 Å². The Bertz CT molecular complexity index is 766. The molecule has 1 aliphatic rings. The topological polar surface area (TPSA) is 59.4 Å². The van der Waals surface area contributed by atoms with E-state index in [4.69, 9.17) is 27.9 Å². The van der Waals surface area contributed by atoms with Crippen LogP contribution in [0.1, 0.15) is 47.5 Å². The highest BCUT2D eigenvalue weighted by atomic mass is 35.5. The highest BCUT2D eigenvalue weighted by Gasteiger charge is 2.29. The molecular weight excluding hydrogens is 361 g/mol. The van der Waals surface area contributed by atoms with Gasteiger partial charge in [-0.15, -0.1) is 0 Å². The largest absolute Gasteiger partial charge is 0.505 e. The molecule has 0 amide bonds. The van der Waals surface area contributed by atoms with Gasteiger partial charge in [0.15, 0.2) is 6.29 Å². The van der Waals surface area contributed by atoms with Gasteiger partial charge in [-0.05, 0) is 48.4 Å². The Morgan fingerprint density at radius 2 is 2.04 bits per heavy atom. The first-order chi connectivity index (χ1) is 12.1. The van der Waals surface area contributed by atoms with Gasteiger partial charge in [0, 0.05) is 6.20 Å². The molecule has 0 bridgehead atoms. The maximum Gasteiger partial charge on any atom is 0.157 e. The smallest absolute Gasteiger partial charge is 0.157 e. The number of benzene rings is 1. The lowest BCUT2D eigenvalue weighted by Crippen LogP contribution is -2.24. The number of aldehydes is 1. The second-order valence-electron chi connectivity index (χ2n) is 6.27. The van der Waals surface area contributed by atoms with Crippen molar-refractivity contribution < 1.29 is 14.6 Å². The van der Waals surface area contributed by atoms with Gasteiger partial charge >= 0.3 is 0 Å². The molecule has 132 valence electrons. The molecule has 25 heavy (non-hydrogen) atoms. The number of carbonyl (C=O) groups excluding carboxylic acids is 1. The lowest BCUT2D eigenvalue weighted by atomic mass is 9.76. The number of pyridine rings is 1. The van der Waals surface area contributed by atoms with E-state index in [1.807, 2.05) is 12.1 Å². The maximum absolute atomic E-state index is 11.3. The van der Waals surface area contributed by atoms with Gasteiger partial charge in [0.2, 0.25) is 0 Å². The molecule has 2 atom stereocenters. The van der Waals surface area contributed by atoms with E-state index in [9.17, 15) is 9.90 Å². The summed E-state index contributed by atoms with van der Waals surface area (Å²) in [6, 6.07) is 7.05. The summed E-state index contributed by atoms with van der Waals surface area (Å²) in [6.07, 6.45) is 6.58. The lowest BCUT2D eigenvalue weighted by molar-refractivity contribution is 0.111. The molecule has 1 aromatic heterocycles. The number of nitrogens with zero attached hydrogens (tertiary/aromatic N) is 1. The molecule has 0 spiro atoms. The van der Waals surface area contributed by atoms with Crippen LogP contribution in [0.2, 0.25) is 10.2 Å². The van der Waals surface area contributed by atoms with Crippen LogP contribution in [0.3, 0.4) is 0 Å². The first-order valence-electron chi connectivity index (χ1n) is 8.31. The predicted molar refractivity (Wildman–Crippen MR) is 97.9 cm³/mol. The van der Waals surface area contributed by atoms with Crippen molar-refractivity contribution in [3.63, 3.8) is 0 Å². The van der Waals surface area contributed by atoms with Crippen molar-refractivity contribution >= 4 is 29.5 Å². The Hall–Kier alpha value is -1.78. The van der Waals surface area contributed by atoms with Gasteiger partial charge in [-0.1, -0.05) is 42.1 Å². The number of aromatic hydroxyl groups is 1. The number of phenols is 1. The van der Waals surface area contributed by atoms with E-state index in [0.29, 0.717) is 23.8 Å². The summed E-state index contributed by atoms with van der Waals surface area (Å²) >= 11 is 12.1. The van der Waals surface area contributed by atoms with Crippen molar-refractivity contribution in [1.82, 2.24) is 4.98 Å². The van der Waals surface area contributed by atoms with Crippen molar-refractivity contribution in [3.8, 4) is 11.5 Å². The van der Waals surface area contributed by atoms with Crippen molar-refractivity contribution in [2.24, 2.45) is 5.92 Å². The highest BCUT2D eigenvalue weighted by Crippen LogP contribution is 2.41. The fourth-order valence-corrected chi connectivity index (χ4v) is 3.92.